The molecule has 0 heterocycles. The fourth-order valence-corrected chi connectivity index (χ4v) is 2.52. The number of nitrogens with zero attached hydrogens (tertiary/aromatic N) is 2. The summed E-state index contributed by atoms with van der Waals surface area (Å²) in [7, 11) is 2.55. The summed E-state index contributed by atoms with van der Waals surface area (Å²) in [4.78, 5) is 22.0. The quantitative estimate of drug-likeness (QED) is 0.277. The minimum absolute atomic E-state index is 0.0148. The highest BCUT2D eigenvalue weighted by atomic mass is 19.4. The fourth-order valence-electron chi connectivity index (χ4n) is 2.52. The van der Waals surface area contributed by atoms with Gasteiger partial charge in [-0.05, 0) is 42.7 Å². The zero-order chi connectivity index (χ0) is 23.6. The molecule has 0 bridgehead atoms. The van der Waals surface area contributed by atoms with E-state index < -0.39 is 12.3 Å². The highest BCUT2D eigenvalue weighted by molar-refractivity contribution is 6.43. The first-order valence-corrected chi connectivity index (χ1v) is 9.04. The van der Waals surface area contributed by atoms with Gasteiger partial charge in [-0.3, -0.25) is 0 Å². The van der Waals surface area contributed by atoms with Crippen LogP contribution in [0.4, 0.5) is 13.2 Å². The molecule has 2 aromatic rings. The van der Waals surface area contributed by atoms with Crippen LogP contribution in [-0.2, 0) is 25.8 Å². The highest BCUT2D eigenvalue weighted by Gasteiger charge is 2.30. The number of benzene rings is 2. The molecule has 2 aromatic carbocycles. The maximum absolute atomic E-state index is 12.2. The van der Waals surface area contributed by atoms with Crippen LogP contribution < -0.4 is 4.74 Å². The summed E-state index contributed by atoms with van der Waals surface area (Å²) < 4.78 is 45.0. The summed E-state index contributed by atoms with van der Waals surface area (Å²) in [5, 5.41) is 7.48. The van der Waals surface area contributed by atoms with Crippen LogP contribution in [0.25, 0.3) is 0 Å². The topological polar surface area (TPSA) is 78.7 Å². The smallest absolute Gasteiger partial charge is 0.464 e. The molecule has 0 saturated heterocycles. The molecule has 10 heteroatoms. The van der Waals surface area contributed by atoms with E-state index in [0.717, 1.165) is 17.7 Å². The number of carbonyl (C=O) groups excluding carboxylic acids is 1. The van der Waals surface area contributed by atoms with Crippen LogP contribution in [0.3, 0.4) is 0 Å². The lowest BCUT2D eigenvalue weighted by Crippen LogP contribution is -2.20. The van der Waals surface area contributed by atoms with Crippen LogP contribution >= 0.6 is 0 Å². The van der Waals surface area contributed by atoms with E-state index >= 15 is 0 Å². The molecule has 0 N–H and O–H groups in total. The molecule has 0 unspecified atom stereocenters. The highest BCUT2D eigenvalue weighted by Crippen LogP contribution is 2.22. The van der Waals surface area contributed by atoms with Crippen molar-refractivity contribution in [1.29, 1.82) is 0 Å². The van der Waals surface area contributed by atoms with Gasteiger partial charge in [0.2, 0.25) is 0 Å². The molecule has 0 atom stereocenters. The number of esters is 1. The Labute approximate surface area is 182 Å². The molecule has 2 rings (SSSR count). The molecule has 0 aliphatic heterocycles. The lowest BCUT2D eigenvalue weighted by atomic mass is 9.99. The molecule has 168 valence electrons. The number of hydrogen-bond acceptors (Lipinski definition) is 7. The number of oxime groups is 2. The van der Waals surface area contributed by atoms with E-state index in [-0.39, 0.29) is 18.1 Å². The summed E-state index contributed by atoms with van der Waals surface area (Å²) in [6, 6.07) is 10.3. The number of ether oxygens (including phenoxy) is 2. The number of hydrogen-bond donors (Lipinski definition) is 0. The van der Waals surface area contributed by atoms with E-state index in [4.69, 9.17) is 14.4 Å². The second-order valence-electron chi connectivity index (χ2n) is 6.06. The third-order valence-electron chi connectivity index (χ3n) is 3.93. The van der Waals surface area contributed by atoms with Gasteiger partial charge in [0.05, 0.1) is 7.11 Å². The minimum atomic E-state index is -4.75. The number of carbonyl (C=O) groups is 1. The van der Waals surface area contributed by atoms with Crippen molar-refractivity contribution in [3.05, 3.63) is 64.7 Å². The number of alkyl halides is 3. The van der Waals surface area contributed by atoms with Gasteiger partial charge in [0.15, 0.2) is 5.71 Å². The average Bonchev–Trinajstić information content (AvgIpc) is 2.75. The van der Waals surface area contributed by atoms with Crippen LogP contribution in [-0.4, -0.2) is 38.5 Å². The Bertz CT molecular complexity index is 1050. The molecule has 0 amide bonds. The van der Waals surface area contributed by atoms with Gasteiger partial charge in [0, 0.05) is 16.7 Å². The second kappa shape index (κ2) is 11.4. The lowest BCUT2D eigenvalue weighted by molar-refractivity contribution is -0.274. The Kier molecular flexibility index (Phi) is 8.65. The maximum atomic E-state index is 12.2. The predicted molar refractivity (Wildman–Crippen MR) is 110 cm³/mol. The van der Waals surface area contributed by atoms with E-state index in [2.05, 4.69) is 26.9 Å². The first-order valence-electron chi connectivity index (χ1n) is 9.04. The Hall–Kier alpha value is -4.00. The average molecular weight is 448 g/mol. The molecule has 0 aromatic heterocycles. The molecule has 32 heavy (non-hydrogen) atoms. The van der Waals surface area contributed by atoms with Gasteiger partial charge in [-0.15, -0.1) is 13.2 Å². The van der Waals surface area contributed by atoms with E-state index in [1.54, 1.807) is 12.1 Å². The van der Waals surface area contributed by atoms with Gasteiger partial charge in [-0.1, -0.05) is 34.4 Å². The van der Waals surface area contributed by atoms with Crippen molar-refractivity contribution in [2.24, 2.45) is 10.3 Å². The van der Waals surface area contributed by atoms with Crippen molar-refractivity contribution in [1.82, 2.24) is 0 Å². The maximum Gasteiger partial charge on any atom is 0.573 e. The molecule has 0 aliphatic carbocycles. The van der Waals surface area contributed by atoms with Crippen LogP contribution in [0.5, 0.6) is 5.75 Å². The third-order valence-corrected chi connectivity index (χ3v) is 3.93. The monoisotopic (exact) mass is 448 g/mol. The van der Waals surface area contributed by atoms with Gasteiger partial charge < -0.3 is 19.1 Å². The Morgan fingerprint density at radius 2 is 1.84 bits per heavy atom. The molecule has 0 fully saturated rings. The minimum Gasteiger partial charge on any atom is -0.464 e. The van der Waals surface area contributed by atoms with E-state index in [1.807, 2.05) is 13.0 Å². The van der Waals surface area contributed by atoms with Crippen molar-refractivity contribution < 1.29 is 37.1 Å². The normalized spacial score (nSPS) is 11.5. The van der Waals surface area contributed by atoms with E-state index in [1.165, 1.54) is 32.6 Å². The van der Waals surface area contributed by atoms with Crippen LogP contribution in [0.15, 0.2) is 52.8 Å². The van der Waals surface area contributed by atoms with Gasteiger partial charge in [-0.2, -0.15) is 0 Å². The number of halogens is 3. The molecule has 0 saturated carbocycles. The third kappa shape index (κ3) is 7.36. The van der Waals surface area contributed by atoms with Gasteiger partial charge in [0.1, 0.15) is 25.7 Å². The number of rotatable bonds is 7. The van der Waals surface area contributed by atoms with Gasteiger partial charge in [-0.25, -0.2) is 4.79 Å². The SMILES string of the molecule is CO/N=C(/C(=O)OC)c1cccc(C)c1CO/N=C/C#Cc1ccc(OC(F)(F)F)cc1. The molecule has 0 spiro atoms. The predicted octanol–water partition coefficient (Wildman–Crippen LogP) is 3.97. The molecular weight excluding hydrogens is 429 g/mol. The van der Waals surface area contributed by atoms with Gasteiger partial charge in [0.25, 0.3) is 0 Å². The Balaban J connectivity index is 2.04. The first-order chi connectivity index (χ1) is 15.2. The summed E-state index contributed by atoms with van der Waals surface area (Å²) in [5.74, 6) is 4.31. The number of aryl methyl sites for hydroxylation is 1. The number of methoxy groups -OCH3 is 1. The lowest BCUT2D eigenvalue weighted by Gasteiger charge is -2.12. The summed E-state index contributed by atoms with van der Waals surface area (Å²) in [6.45, 7) is 1.85. The van der Waals surface area contributed by atoms with Gasteiger partial charge >= 0.3 is 12.3 Å². The van der Waals surface area contributed by atoms with E-state index in [9.17, 15) is 18.0 Å². The van der Waals surface area contributed by atoms with Crippen molar-refractivity contribution in [3.8, 4) is 17.6 Å². The molecule has 7 nitrogen and oxygen atoms in total. The fraction of sp³-hybridized carbons (Fsp3) is 0.227. The van der Waals surface area contributed by atoms with E-state index in [0.29, 0.717) is 16.7 Å². The van der Waals surface area contributed by atoms with Crippen LogP contribution in [0.2, 0.25) is 0 Å². The summed E-state index contributed by atoms with van der Waals surface area (Å²) >= 11 is 0. The molecule has 0 aliphatic rings. The second-order valence-corrected chi connectivity index (χ2v) is 6.06. The Morgan fingerprint density at radius 3 is 2.47 bits per heavy atom. The van der Waals surface area contributed by atoms with Crippen molar-refractivity contribution in [2.75, 3.05) is 14.2 Å². The van der Waals surface area contributed by atoms with Crippen LogP contribution in [0.1, 0.15) is 22.3 Å². The Morgan fingerprint density at radius 1 is 1.12 bits per heavy atom. The van der Waals surface area contributed by atoms with Crippen LogP contribution in [0, 0.1) is 18.8 Å². The zero-order valence-corrected chi connectivity index (χ0v) is 17.4. The van der Waals surface area contributed by atoms with Crippen molar-refractivity contribution in [3.63, 3.8) is 0 Å². The molecular formula is C22H19F3N2O5. The summed E-state index contributed by atoms with van der Waals surface area (Å²) in [6.07, 6.45) is -3.55. The first kappa shape index (κ1) is 24.3. The largest absolute Gasteiger partial charge is 0.573 e. The zero-order valence-electron chi connectivity index (χ0n) is 17.4. The standard InChI is InChI=1S/C22H19F3N2O5/c1-15-6-4-8-18(20(27-30-3)21(28)29-2)19(15)14-31-26-13-5-7-16-9-11-17(12-10-16)32-22(23,24)25/h4,6,8-13H,14H2,1-3H3/b26-13+,27-20+. The van der Waals surface area contributed by atoms with Crippen molar-refractivity contribution in [2.45, 2.75) is 19.9 Å². The summed E-state index contributed by atoms with van der Waals surface area (Å²) in [5.41, 5.74) is 2.41. The molecule has 0 radical (unpaired) electrons. The van der Waals surface area contributed by atoms with Crippen molar-refractivity contribution >= 4 is 17.9 Å².